The van der Waals surface area contributed by atoms with Crippen LogP contribution in [0.2, 0.25) is 0 Å². The number of H-pyrrole nitrogens is 1. The second-order valence-corrected chi connectivity index (χ2v) is 3.73. The highest BCUT2D eigenvalue weighted by Gasteiger charge is 2.03. The molecule has 0 unspecified atom stereocenters. The molecule has 0 atom stereocenters. The molecular formula is C13H12N2O2. The Morgan fingerprint density at radius 3 is 2.94 bits per heavy atom. The van der Waals surface area contributed by atoms with Gasteiger partial charge in [-0.1, -0.05) is 0 Å². The Labute approximate surface area is 98.5 Å². The lowest BCUT2D eigenvalue weighted by Gasteiger charge is -2.04. The largest absolute Gasteiger partial charge is 0.497 e. The maximum absolute atomic E-state index is 11.7. The summed E-state index contributed by atoms with van der Waals surface area (Å²) in [5.74, 6) is 0.746. The van der Waals surface area contributed by atoms with Gasteiger partial charge in [0.15, 0.2) is 0 Å². The maximum atomic E-state index is 11.7. The molecule has 1 N–H and O–H groups in total. The Morgan fingerprint density at radius 2 is 2.24 bits per heavy atom. The monoisotopic (exact) mass is 228 g/mol. The lowest BCUT2D eigenvalue weighted by atomic mass is 10.1. The first-order valence-corrected chi connectivity index (χ1v) is 5.31. The number of aromatic amines is 1. The van der Waals surface area contributed by atoms with Gasteiger partial charge in [0.05, 0.1) is 13.2 Å². The van der Waals surface area contributed by atoms with Crippen LogP contribution in [0.1, 0.15) is 12.0 Å². The minimum Gasteiger partial charge on any atom is -0.497 e. The molecule has 0 aliphatic heterocycles. The SMILES string of the molecule is COc1ccc2[nH]c(=O)c(CCC#N)cc2c1. The van der Waals surface area contributed by atoms with Crippen LogP contribution in [0.25, 0.3) is 10.9 Å². The van der Waals surface area contributed by atoms with Gasteiger partial charge in [-0.25, -0.2) is 0 Å². The van der Waals surface area contributed by atoms with E-state index in [-0.39, 0.29) is 5.56 Å². The number of rotatable bonds is 3. The Morgan fingerprint density at radius 1 is 1.41 bits per heavy atom. The molecule has 1 heterocycles. The van der Waals surface area contributed by atoms with E-state index >= 15 is 0 Å². The molecule has 2 rings (SSSR count). The van der Waals surface area contributed by atoms with E-state index < -0.39 is 0 Å². The molecule has 0 amide bonds. The average Bonchev–Trinajstić information content (AvgIpc) is 2.35. The van der Waals surface area contributed by atoms with Crippen LogP contribution in [0.5, 0.6) is 5.75 Å². The molecule has 2 aromatic rings. The van der Waals surface area contributed by atoms with Gasteiger partial charge < -0.3 is 9.72 Å². The summed E-state index contributed by atoms with van der Waals surface area (Å²) in [5.41, 5.74) is 1.28. The predicted molar refractivity (Wildman–Crippen MR) is 65.1 cm³/mol. The molecule has 0 spiro atoms. The predicted octanol–water partition coefficient (Wildman–Crippen LogP) is 1.99. The molecule has 4 heteroatoms. The first-order chi connectivity index (χ1) is 8.24. The van der Waals surface area contributed by atoms with Gasteiger partial charge in [-0.2, -0.15) is 5.26 Å². The van der Waals surface area contributed by atoms with Gasteiger partial charge in [0.25, 0.3) is 5.56 Å². The van der Waals surface area contributed by atoms with Gasteiger partial charge in [-0.05, 0) is 30.7 Å². The van der Waals surface area contributed by atoms with E-state index in [1.165, 1.54) is 0 Å². The fourth-order valence-electron chi connectivity index (χ4n) is 1.73. The molecule has 0 radical (unpaired) electrons. The van der Waals surface area contributed by atoms with Gasteiger partial charge in [0.2, 0.25) is 0 Å². The number of hydrogen-bond donors (Lipinski definition) is 1. The minimum absolute atomic E-state index is 0.127. The van der Waals surface area contributed by atoms with E-state index in [0.29, 0.717) is 18.4 Å². The first-order valence-electron chi connectivity index (χ1n) is 5.31. The summed E-state index contributed by atoms with van der Waals surface area (Å²) in [6.07, 6.45) is 0.817. The highest BCUT2D eigenvalue weighted by Crippen LogP contribution is 2.18. The number of hydrogen-bond acceptors (Lipinski definition) is 3. The quantitative estimate of drug-likeness (QED) is 0.873. The number of nitrogens with one attached hydrogen (secondary N) is 1. The van der Waals surface area contributed by atoms with Crippen molar-refractivity contribution in [3.8, 4) is 11.8 Å². The molecule has 1 aromatic heterocycles. The highest BCUT2D eigenvalue weighted by atomic mass is 16.5. The van der Waals surface area contributed by atoms with Crippen LogP contribution in [0.15, 0.2) is 29.1 Å². The van der Waals surface area contributed by atoms with Crippen molar-refractivity contribution in [2.75, 3.05) is 7.11 Å². The zero-order valence-corrected chi connectivity index (χ0v) is 9.49. The summed E-state index contributed by atoms with van der Waals surface area (Å²) in [6.45, 7) is 0. The van der Waals surface area contributed by atoms with Crippen molar-refractivity contribution >= 4 is 10.9 Å². The molecule has 1 aromatic carbocycles. The normalized spacial score (nSPS) is 10.1. The summed E-state index contributed by atoms with van der Waals surface area (Å²) >= 11 is 0. The van der Waals surface area contributed by atoms with Crippen molar-refractivity contribution < 1.29 is 4.74 Å². The molecule has 0 saturated carbocycles. The van der Waals surface area contributed by atoms with Crippen LogP contribution >= 0.6 is 0 Å². The lowest BCUT2D eigenvalue weighted by Crippen LogP contribution is -2.12. The van der Waals surface area contributed by atoms with Crippen LogP contribution in [0.3, 0.4) is 0 Å². The van der Waals surface area contributed by atoms with Crippen LogP contribution in [-0.2, 0) is 6.42 Å². The Hall–Kier alpha value is -2.28. The molecule has 0 fully saturated rings. The van der Waals surface area contributed by atoms with Crippen molar-refractivity contribution in [1.29, 1.82) is 5.26 Å². The van der Waals surface area contributed by atoms with Crippen molar-refractivity contribution in [2.24, 2.45) is 0 Å². The smallest absolute Gasteiger partial charge is 0.251 e. The fourth-order valence-corrected chi connectivity index (χ4v) is 1.73. The number of methoxy groups -OCH3 is 1. The third kappa shape index (κ3) is 2.28. The van der Waals surface area contributed by atoms with Crippen LogP contribution in [0.4, 0.5) is 0 Å². The van der Waals surface area contributed by atoms with Crippen molar-refractivity contribution in [3.63, 3.8) is 0 Å². The fraction of sp³-hybridized carbons (Fsp3) is 0.231. The minimum atomic E-state index is -0.127. The van der Waals surface area contributed by atoms with Gasteiger partial charge >= 0.3 is 0 Å². The number of pyridine rings is 1. The number of aryl methyl sites for hydroxylation is 1. The number of nitriles is 1. The summed E-state index contributed by atoms with van der Waals surface area (Å²) < 4.78 is 5.13. The topological polar surface area (TPSA) is 65.9 Å². The van der Waals surface area contributed by atoms with E-state index in [0.717, 1.165) is 16.7 Å². The second kappa shape index (κ2) is 4.71. The third-order valence-corrected chi connectivity index (χ3v) is 2.63. The standard InChI is InChI=1S/C13H12N2O2/c1-17-11-4-5-12-10(8-11)7-9(3-2-6-14)13(16)15-12/h4-5,7-8H,2-3H2,1H3,(H,15,16). The number of ether oxygens (including phenoxy) is 1. The Kier molecular flexibility index (Phi) is 3.10. The van der Waals surface area contributed by atoms with E-state index in [9.17, 15) is 4.79 Å². The van der Waals surface area contributed by atoms with E-state index in [4.69, 9.17) is 10.00 Å². The number of fused-ring (bicyclic) bond motifs is 1. The van der Waals surface area contributed by atoms with Crippen LogP contribution < -0.4 is 10.3 Å². The molecule has 0 aliphatic carbocycles. The van der Waals surface area contributed by atoms with Crippen LogP contribution in [-0.4, -0.2) is 12.1 Å². The summed E-state index contributed by atoms with van der Waals surface area (Å²) in [4.78, 5) is 14.5. The molecule has 0 aliphatic rings. The van der Waals surface area contributed by atoms with Crippen molar-refractivity contribution in [3.05, 3.63) is 40.2 Å². The van der Waals surface area contributed by atoms with Gasteiger partial charge in [0, 0.05) is 22.9 Å². The molecule has 86 valence electrons. The number of aromatic nitrogens is 1. The third-order valence-electron chi connectivity index (χ3n) is 2.63. The van der Waals surface area contributed by atoms with Crippen molar-refractivity contribution in [1.82, 2.24) is 4.98 Å². The first kappa shape index (κ1) is 11.2. The zero-order valence-electron chi connectivity index (χ0n) is 9.49. The Bertz CT molecular complexity index is 638. The number of nitrogens with zero attached hydrogens (tertiary/aromatic N) is 1. The number of benzene rings is 1. The molecular weight excluding hydrogens is 216 g/mol. The van der Waals surface area contributed by atoms with E-state index in [1.807, 2.05) is 24.3 Å². The summed E-state index contributed by atoms with van der Waals surface area (Å²) in [5, 5.41) is 9.45. The summed E-state index contributed by atoms with van der Waals surface area (Å²) in [6, 6.07) is 9.32. The zero-order chi connectivity index (χ0) is 12.3. The maximum Gasteiger partial charge on any atom is 0.251 e. The molecule has 4 nitrogen and oxygen atoms in total. The van der Waals surface area contributed by atoms with Crippen molar-refractivity contribution in [2.45, 2.75) is 12.8 Å². The highest BCUT2D eigenvalue weighted by molar-refractivity contribution is 5.80. The van der Waals surface area contributed by atoms with Crippen LogP contribution in [0, 0.1) is 11.3 Å². The van der Waals surface area contributed by atoms with E-state index in [2.05, 4.69) is 4.98 Å². The van der Waals surface area contributed by atoms with Gasteiger partial charge in [-0.15, -0.1) is 0 Å². The van der Waals surface area contributed by atoms with Gasteiger partial charge in [-0.3, -0.25) is 4.79 Å². The van der Waals surface area contributed by atoms with E-state index in [1.54, 1.807) is 13.2 Å². The molecule has 17 heavy (non-hydrogen) atoms. The lowest BCUT2D eigenvalue weighted by molar-refractivity contribution is 0.415. The average molecular weight is 228 g/mol. The second-order valence-electron chi connectivity index (χ2n) is 3.73. The Balaban J connectivity index is 2.53. The molecule has 0 bridgehead atoms. The summed E-state index contributed by atoms with van der Waals surface area (Å²) in [7, 11) is 1.60. The molecule has 0 saturated heterocycles. The van der Waals surface area contributed by atoms with Gasteiger partial charge in [0.1, 0.15) is 5.75 Å².